The van der Waals surface area contributed by atoms with Gasteiger partial charge in [-0.25, -0.2) is 0 Å². The first kappa shape index (κ1) is 22.6. The van der Waals surface area contributed by atoms with Gasteiger partial charge in [-0.1, -0.05) is 6.92 Å². The smallest absolute Gasteiger partial charge is 1.00 e. The minimum Gasteiger partial charge on any atom is -1.00 e. The number of hydrogen-bond acceptors (Lipinski definition) is 1. The molecule has 0 unspecified atom stereocenters. The number of halogens is 2. The summed E-state index contributed by atoms with van der Waals surface area (Å²) in [6.45, 7) is 2.98. The Labute approximate surface area is 88.2 Å². The van der Waals surface area contributed by atoms with Crippen LogP contribution >= 0.6 is 0 Å². The van der Waals surface area contributed by atoms with Crippen molar-refractivity contribution in [1.82, 2.24) is 0 Å². The third-order valence-corrected chi connectivity index (χ3v) is 0.408. The van der Waals surface area contributed by atoms with Gasteiger partial charge in [-0.3, -0.25) is 0 Å². The summed E-state index contributed by atoms with van der Waals surface area (Å²) in [5.74, 6) is 0. The van der Waals surface area contributed by atoms with Gasteiger partial charge in [0.1, 0.15) is 0 Å². The molecule has 1 nitrogen and oxygen atoms in total. The van der Waals surface area contributed by atoms with Gasteiger partial charge in [0.15, 0.2) is 0 Å². The van der Waals surface area contributed by atoms with Crippen molar-refractivity contribution in [1.29, 1.82) is 0 Å². The first-order chi connectivity index (χ1) is 2.41. The van der Waals surface area contributed by atoms with Crippen LogP contribution in [-0.2, 0) is 4.74 Å². The molecule has 0 aliphatic rings. The molecule has 0 atom stereocenters. The molecule has 48 valence electrons. The topological polar surface area (TPSA) is 9.23 Å². The Kier molecular flexibility index (Phi) is 66.0. The molecule has 0 aromatic heterocycles. The van der Waals surface area contributed by atoms with E-state index < -0.39 is 0 Å². The maximum Gasteiger partial charge on any atom is 2.00 e. The van der Waals surface area contributed by atoms with Gasteiger partial charge in [0.2, 0.25) is 0 Å². The Morgan fingerprint density at radius 3 is 1.62 bits per heavy atom. The summed E-state index contributed by atoms with van der Waals surface area (Å²) in [6, 6.07) is 0. The Morgan fingerprint density at radius 1 is 1.25 bits per heavy atom. The fraction of sp³-hybridized carbons (Fsp3) is 1.00. The Morgan fingerprint density at radius 2 is 1.62 bits per heavy atom. The summed E-state index contributed by atoms with van der Waals surface area (Å²) in [5, 5.41) is 0. The maximum atomic E-state index is 4.69. The van der Waals surface area contributed by atoms with Gasteiger partial charge >= 0.3 is 23.1 Å². The summed E-state index contributed by atoms with van der Waals surface area (Å²) in [4.78, 5) is 0. The molecule has 0 amide bonds. The number of methoxy groups -OCH3 is 1. The van der Waals surface area contributed by atoms with Crippen molar-refractivity contribution in [2.24, 2.45) is 0 Å². The molecular formula is C4H10Br2MgO. The average Bonchev–Trinajstić information content (AvgIpc) is 1.41. The molecule has 0 spiro atoms. The molecule has 0 aliphatic carbocycles. The van der Waals surface area contributed by atoms with E-state index in [1.165, 1.54) is 0 Å². The SMILES string of the molecule is CCCOC.[Br-].[Br-].[Mg+2]. The van der Waals surface area contributed by atoms with Gasteiger partial charge < -0.3 is 38.7 Å². The molecule has 0 saturated heterocycles. The average molecular weight is 258 g/mol. The van der Waals surface area contributed by atoms with Crippen LogP contribution in [0.5, 0.6) is 0 Å². The van der Waals surface area contributed by atoms with E-state index in [0.29, 0.717) is 0 Å². The third kappa shape index (κ3) is 25.3. The van der Waals surface area contributed by atoms with Crippen LogP contribution in [0.2, 0.25) is 0 Å². The van der Waals surface area contributed by atoms with E-state index >= 15 is 0 Å². The van der Waals surface area contributed by atoms with Crippen molar-refractivity contribution in [2.45, 2.75) is 13.3 Å². The van der Waals surface area contributed by atoms with Crippen molar-refractivity contribution in [3.8, 4) is 0 Å². The standard InChI is InChI=1S/C4H10O.2BrH.Mg/c1-3-4-5-2;;;/h3-4H2,1-2H3;2*1H;/q;;;+2/p-2. The van der Waals surface area contributed by atoms with Crippen LogP contribution in [0.1, 0.15) is 13.3 Å². The van der Waals surface area contributed by atoms with Gasteiger partial charge in [0.05, 0.1) is 0 Å². The van der Waals surface area contributed by atoms with Crippen molar-refractivity contribution in [3.63, 3.8) is 0 Å². The zero-order chi connectivity index (χ0) is 4.12. The minimum atomic E-state index is 0. The molecule has 0 bridgehead atoms. The summed E-state index contributed by atoms with van der Waals surface area (Å²) in [6.07, 6.45) is 1.12. The van der Waals surface area contributed by atoms with Gasteiger partial charge in [0, 0.05) is 13.7 Å². The van der Waals surface area contributed by atoms with Crippen LogP contribution in [0.25, 0.3) is 0 Å². The van der Waals surface area contributed by atoms with E-state index in [0.717, 1.165) is 13.0 Å². The van der Waals surface area contributed by atoms with E-state index in [-0.39, 0.29) is 57.0 Å². The van der Waals surface area contributed by atoms with Crippen molar-refractivity contribution < 1.29 is 38.7 Å². The number of rotatable bonds is 2. The van der Waals surface area contributed by atoms with E-state index in [9.17, 15) is 0 Å². The molecule has 0 aliphatic heterocycles. The van der Waals surface area contributed by atoms with Crippen molar-refractivity contribution in [2.75, 3.05) is 13.7 Å². The van der Waals surface area contributed by atoms with Gasteiger partial charge in [-0.05, 0) is 6.42 Å². The second-order valence-electron chi connectivity index (χ2n) is 0.993. The van der Waals surface area contributed by atoms with Crippen LogP contribution < -0.4 is 34.0 Å². The Bertz CT molecular complexity index is 21.5. The van der Waals surface area contributed by atoms with Gasteiger partial charge in [-0.15, -0.1) is 0 Å². The molecule has 0 saturated carbocycles. The fourth-order valence-corrected chi connectivity index (χ4v) is 0.204. The third-order valence-electron chi connectivity index (χ3n) is 0.408. The quantitative estimate of drug-likeness (QED) is 0.450. The van der Waals surface area contributed by atoms with Crippen LogP contribution in [-0.4, -0.2) is 36.8 Å². The molecule has 4 heteroatoms. The van der Waals surface area contributed by atoms with Crippen LogP contribution in [0, 0.1) is 0 Å². The molecule has 8 heavy (non-hydrogen) atoms. The summed E-state index contributed by atoms with van der Waals surface area (Å²) >= 11 is 0. The summed E-state index contributed by atoms with van der Waals surface area (Å²) in [7, 11) is 1.71. The first-order valence-corrected chi connectivity index (χ1v) is 1.90. The van der Waals surface area contributed by atoms with E-state index in [4.69, 9.17) is 4.74 Å². The van der Waals surface area contributed by atoms with E-state index in [2.05, 4.69) is 6.92 Å². The molecule has 0 aromatic rings. The van der Waals surface area contributed by atoms with Crippen molar-refractivity contribution in [3.05, 3.63) is 0 Å². The zero-order valence-corrected chi connectivity index (χ0v) is 9.87. The predicted octanol–water partition coefficient (Wildman–Crippen LogP) is -5.33. The molecular weight excluding hydrogens is 248 g/mol. The Hall–Kier alpha value is 1.69. The van der Waals surface area contributed by atoms with E-state index in [1.807, 2.05) is 0 Å². The molecule has 0 fully saturated rings. The summed E-state index contributed by atoms with van der Waals surface area (Å²) < 4.78 is 4.69. The van der Waals surface area contributed by atoms with Crippen LogP contribution in [0.3, 0.4) is 0 Å². The van der Waals surface area contributed by atoms with Gasteiger partial charge in [-0.2, -0.15) is 0 Å². The second kappa shape index (κ2) is 23.4. The van der Waals surface area contributed by atoms with Crippen LogP contribution in [0.4, 0.5) is 0 Å². The van der Waals surface area contributed by atoms with E-state index in [1.54, 1.807) is 7.11 Å². The molecule has 0 heterocycles. The Balaban J connectivity index is -0.0000000267. The molecule has 0 rings (SSSR count). The minimum absolute atomic E-state index is 0. The second-order valence-corrected chi connectivity index (χ2v) is 0.993. The first-order valence-electron chi connectivity index (χ1n) is 1.90. The fourth-order valence-electron chi connectivity index (χ4n) is 0.204. The predicted molar refractivity (Wildman–Crippen MR) is 27.9 cm³/mol. The van der Waals surface area contributed by atoms with Crippen molar-refractivity contribution >= 4 is 23.1 Å². The monoisotopic (exact) mass is 256 g/mol. The molecule has 0 aromatic carbocycles. The summed E-state index contributed by atoms with van der Waals surface area (Å²) in [5.41, 5.74) is 0. The zero-order valence-electron chi connectivity index (χ0n) is 5.29. The maximum absolute atomic E-state index is 4.69. The molecule has 0 N–H and O–H groups in total. The molecule has 0 radical (unpaired) electrons. The van der Waals surface area contributed by atoms with Crippen LogP contribution in [0.15, 0.2) is 0 Å². The normalized spacial score (nSPS) is 5.25. The van der Waals surface area contributed by atoms with Gasteiger partial charge in [0.25, 0.3) is 0 Å². The number of ether oxygens (including phenoxy) is 1. The number of hydrogen-bond donors (Lipinski definition) is 0. The largest absolute Gasteiger partial charge is 2.00 e.